The molecule has 1 aliphatic rings. The molecule has 0 atom stereocenters. The summed E-state index contributed by atoms with van der Waals surface area (Å²) >= 11 is 12.8. The number of amides is 2. The number of ether oxygens (including phenoxy) is 1. The van der Waals surface area contributed by atoms with Crippen molar-refractivity contribution in [2.24, 2.45) is 10.2 Å². The van der Waals surface area contributed by atoms with Crippen LogP contribution in [-0.4, -0.2) is 34.3 Å². The number of benzene rings is 3. The second kappa shape index (κ2) is 10.9. The normalized spacial score (nSPS) is 14.9. The first-order valence-electron chi connectivity index (χ1n) is 10.4. The van der Waals surface area contributed by atoms with Gasteiger partial charge in [-0.3, -0.25) is 14.5 Å². The predicted octanol–water partition coefficient (Wildman–Crippen LogP) is 7.54. The molecule has 3 aromatic carbocycles. The van der Waals surface area contributed by atoms with Crippen LogP contribution in [0.15, 0.2) is 75.8 Å². The van der Waals surface area contributed by atoms with Crippen molar-refractivity contribution in [3.05, 3.63) is 86.7 Å². The van der Waals surface area contributed by atoms with Crippen molar-refractivity contribution >= 4 is 63.6 Å². The van der Waals surface area contributed by atoms with Crippen molar-refractivity contribution in [3.63, 3.8) is 0 Å². The lowest BCUT2D eigenvalue weighted by atomic mass is 10.1. The number of carbonyl (C=O) groups is 2. The topological polar surface area (TPSA) is 91.6 Å². The summed E-state index contributed by atoms with van der Waals surface area (Å²) in [4.78, 5) is 26.5. The zero-order valence-corrected chi connectivity index (χ0v) is 20.8. The molecule has 1 N–H and O–H groups in total. The molecular formula is C25H19Cl2N3O4S. The van der Waals surface area contributed by atoms with E-state index in [0.717, 1.165) is 22.2 Å². The number of carbonyl (C=O) groups excluding carboxylic acids is 2. The zero-order chi connectivity index (χ0) is 24.9. The Balaban J connectivity index is 1.45. The number of rotatable bonds is 7. The number of phenols is 1. The number of nitrogens with zero attached hydrogens (tertiary/aromatic N) is 3. The number of imide groups is 1. The molecule has 0 aromatic heterocycles. The minimum Gasteiger partial charge on any atom is -0.507 e. The Labute approximate surface area is 216 Å². The molecule has 4 rings (SSSR count). The highest BCUT2D eigenvalue weighted by Gasteiger charge is 2.35. The second-order valence-electron chi connectivity index (χ2n) is 7.53. The molecule has 0 aliphatic carbocycles. The first-order chi connectivity index (χ1) is 16.8. The maximum Gasteiger partial charge on any atom is 0.293 e. The van der Waals surface area contributed by atoms with Crippen molar-refractivity contribution in [1.82, 2.24) is 4.90 Å². The predicted molar refractivity (Wildman–Crippen MR) is 138 cm³/mol. The standard InChI is InChI=1S/C25H19Cl2N3O4S/c1-15-2-6-19(7-3-15)34-11-10-30-24(32)23(35-25(30)33)13-16-12-18(5-9-22(16)31)28-29-21-8-4-17(26)14-20(21)27/h2-9,12-14,31H,10-11H2,1H3/b23-13-,29-28?. The van der Waals surface area contributed by atoms with Crippen molar-refractivity contribution in [2.75, 3.05) is 13.2 Å². The van der Waals surface area contributed by atoms with Crippen LogP contribution in [0.2, 0.25) is 10.0 Å². The quantitative estimate of drug-likeness (QED) is 0.253. The fourth-order valence-electron chi connectivity index (χ4n) is 3.12. The van der Waals surface area contributed by atoms with Gasteiger partial charge in [0.1, 0.15) is 23.8 Å². The molecule has 178 valence electrons. The average molecular weight is 528 g/mol. The minimum absolute atomic E-state index is 0.0667. The van der Waals surface area contributed by atoms with Crippen LogP contribution in [-0.2, 0) is 4.79 Å². The fourth-order valence-corrected chi connectivity index (χ4v) is 4.42. The van der Waals surface area contributed by atoms with Gasteiger partial charge in [0.2, 0.25) is 0 Å². The average Bonchev–Trinajstić information content (AvgIpc) is 3.09. The molecule has 7 nitrogen and oxygen atoms in total. The lowest BCUT2D eigenvalue weighted by Crippen LogP contribution is -2.32. The summed E-state index contributed by atoms with van der Waals surface area (Å²) in [5.41, 5.74) is 2.28. The van der Waals surface area contributed by atoms with Gasteiger partial charge in [-0.1, -0.05) is 40.9 Å². The van der Waals surface area contributed by atoms with E-state index in [1.165, 1.54) is 12.1 Å². The van der Waals surface area contributed by atoms with Gasteiger partial charge < -0.3 is 9.84 Å². The van der Waals surface area contributed by atoms with Crippen molar-refractivity contribution < 1.29 is 19.4 Å². The van der Waals surface area contributed by atoms with Gasteiger partial charge in [0, 0.05) is 10.6 Å². The maximum absolute atomic E-state index is 12.8. The molecule has 1 heterocycles. The number of phenolic OH excluding ortho intramolecular Hbond substituents is 1. The largest absolute Gasteiger partial charge is 0.507 e. The summed E-state index contributed by atoms with van der Waals surface area (Å²) in [5.74, 6) is 0.142. The van der Waals surface area contributed by atoms with Crippen LogP contribution in [0.3, 0.4) is 0 Å². The van der Waals surface area contributed by atoms with Gasteiger partial charge in [-0.25, -0.2) is 0 Å². The van der Waals surface area contributed by atoms with E-state index in [1.807, 2.05) is 31.2 Å². The van der Waals surface area contributed by atoms with E-state index in [-0.39, 0.29) is 23.8 Å². The Morgan fingerprint density at radius 3 is 2.54 bits per heavy atom. The molecule has 3 aromatic rings. The molecule has 10 heteroatoms. The summed E-state index contributed by atoms with van der Waals surface area (Å²) in [6, 6.07) is 16.9. The number of hydrogen-bond donors (Lipinski definition) is 1. The Kier molecular flexibility index (Phi) is 7.75. The summed E-state index contributed by atoms with van der Waals surface area (Å²) in [6.45, 7) is 2.25. The molecule has 2 amide bonds. The van der Waals surface area contributed by atoms with Crippen LogP contribution >= 0.6 is 35.0 Å². The van der Waals surface area contributed by atoms with Crippen molar-refractivity contribution in [2.45, 2.75) is 6.92 Å². The fraction of sp³-hybridized carbons (Fsp3) is 0.120. The Bertz CT molecular complexity index is 1340. The van der Waals surface area contributed by atoms with E-state index >= 15 is 0 Å². The highest BCUT2D eigenvalue weighted by atomic mass is 35.5. The summed E-state index contributed by atoms with van der Waals surface area (Å²) in [5, 5.41) is 18.9. The van der Waals surface area contributed by atoms with E-state index in [9.17, 15) is 14.7 Å². The van der Waals surface area contributed by atoms with Crippen LogP contribution < -0.4 is 4.74 Å². The lowest BCUT2D eigenvalue weighted by Gasteiger charge is -2.13. The molecule has 0 radical (unpaired) electrons. The van der Waals surface area contributed by atoms with Gasteiger partial charge in [-0.2, -0.15) is 5.11 Å². The van der Waals surface area contributed by atoms with Gasteiger partial charge in [0.05, 0.1) is 22.2 Å². The molecule has 1 fully saturated rings. The van der Waals surface area contributed by atoms with Gasteiger partial charge in [0.15, 0.2) is 0 Å². The summed E-state index contributed by atoms with van der Waals surface area (Å²) in [6.07, 6.45) is 1.45. The number of aromatic hydroxyl groups is 1. The molecule has 35 heavy (non-hydrogen) atoms. The third kappa shape index (κ3) is 6.22. The first-order valence-corrected chi connectivity index (χ1v) is 12.0. The van der Waals surface area contributed by atoms with E-state index in [1.54, 1.807) is 30.3 Å². The molecular weight excluding hydrogens is 509 g/mol. The van der Waals surface area contributed by atoms with Crippen molar-refractivity contribution in [1.29, 1.82) is 0 Å². The van der Waals surface area contributed by atoms with E-state index in [0.29, 0.717) is 32.7 Å². The van der Waals surface area contributed by atoms with E-state index < -0.39 is 11.1 Å². The lowest BCUT2D eigenvalue weighted by molar-refractivity contribution is -0.123. The molecule has 1 saturated heterocycles. The van der Waals surface area contributed by atoms with Gasteiger partial charge in [-0.15, -0.1) is 5.11 Å². The summed E-state index contributed by atoms with van der Waals surface area (Å²) in [7, 11) is 0. The first kappa shape index (κ1) is 24.8. The van der Waals surface area contributed by atoms with Crippen LogP contribution in [0, 0.1) is 6.92 Å². The maximum atomic E-state index is 12.8. The van der Waals surface area contributed by atoms with Gasteiger partial charge in [0.25, 0.3) is 11.1 Å². The molecule has 0 bridgehead atoms. The molecule has 0 saturated carbocycles. The van der Waals surface area contributed by atoms with Gasteiger partial charge >= 0.3 is 0 Å². The van der Waals surface area contributed by atoms with Crippen LogP contribution in [0.4, 0.5) is 16.2 Å². The summed E-state index contributed by atoms with van der Waals surface area (Å²) < 4.78 is 5.63. The van der Waals surface area contributed by atoms with Crippen LogP contribution in [0.1, 0.15) is 11.1 Å². The van der Waals surface area contributed by atoms with E-state index in [2.05, 4.69) is 10.2 Å². The Morgan fingerprint density at radius 2 is 1.80 bits per heavy atom. The Morgan fingerprint density at radius 1 is 1.03 bits per heavy atom. The van der Waals surface area contributed by atoms with E-state index in [4.69, 9.17) is 27.9 Å². The highest BCUT2D eigenvalue weighted by molar-refractivity contribution is 8.18. The second-order valence-corrected chi connectivity index (χ2v) is 9.37. The number of azo groups is 1. The van der Waals surface area contributed by atoms with Crippen molar-refractivity contribution in [3.8, 4) is 11.5 Å². The third-order valence-electron chi connectivity index (χ3n) is 4.96. The molecule has 0 unspecified atom stereocenters. The zero-order valence-electron chi connectivity index (χ0n) is 18.4. The molecule has 1 aliphatic heterocycles. The molecule has 0 spiro atoms. The van der Waals surface area contributed by atoms with Crippen LogP contribution in [0.25, 0.3) is 6.08 Å². The number of halogens is 2. The smallest absolute Gasteiger partial charge is 0.293 e. The number of hydrogen-bond acceptors (Lipinski definition) is 7. The minimum atomic E-state index is -0.452. The number of aryl methyl sites for hydroxylation is 1. The van der Waals surface area contributed by atoms with Crippen LogP contribution in [0.5, 0.6) is 11.5 Å². The highest BCUT2D eigenvalue weighted by Crippen LogP contribution is 2.35. The Hall–Kier alpha value is -3.33. The third-order valence-corrected chi connectivity index (χ3v) is 6.40. The SMILES string of the molecule is Cc1ccc(OCCN2C(=O)S/C(=C\c3cc(N=Nc4ccc(Cl)cc4Cl)ccc3O)C2=O)cc1. The van der Waals surface area contributed by atoms with Gasteiger partial charge in [-0.05, 0) is 73.3 Å². The number of thioether (sulfide) groups is 1. The monoisotopic (exact) mass is 527 g/mol.